The van der Waals surface area contributed by atoms with Gasteiger partial charge in [-0.3, -0.25) is 34.0 Å². The number of carbonyl (C=O) groups excluding carboxylic acids is 5. The number of phenols is 3. The van der Waals surface area contributed by atoms with E-state index in [1.54, 1.807) is 44.9 Å². The molecule has 5 bridgehead atoms. The summed E-state index contributed by atoms with van der Waals surface area (Å²) in [6.45, 7) is 15.8. The number of aliphatic hydroxyl groups is 2. The molecule has 1 aliphatic carbocycles. The molecule has 27 nitrogen and oxygen atoms in total. The van der Waals surface area contributed by atoms with Crippen LogP contribution in [0.15, 0.2) is 78.0 Å². The first-order valence-electron chi connectivity index (χ1n) is 32.3. The maximum Gasteiger partial charge on any atom is 0.312 e. The second-order valence-electron chi connectivity index (χ2n) is 25.1. The summed E-state index contributed by atoms with van der Waals surface area (Å²) in [5, 5.41) is 82.1. The number of hydrazone groups is 1. The minimum absolute atomic E-state index is 0.0559. The van der Waals surface area contributed by atoms with Gasteiger partial charge in [0, 0.05) is 118 Å². The number of benzene rings is 3. The number of aromatic hydroxyl groups is 3. The first-order chi connectivity index (χ1) is 45.3. The number of unbranched alkanes of at least 4 members (excludes halogenated alkanes) is 1. The lowest BCUT2D eigenvalue weighted by molar-refractivity contribution is -0.160. The van der Waals surface area contributed by atoms with Crippen LogP contribution < -0.4 is 25.8 Å². The number of likely N-dealkylation sites (N-methyl/N-ethyl adjacent to an activating group) is 1. The van der Waals surface area contributed by atoms with Crippen molar-refractivity contribution in [2.75, 3.05) is 57.6 Å². The summed E-state index contributed by atoms with van der Waals surface area (Å²) in [6, 6.07) is 6.38. The minimum Gasteiger partial charge on any atom is -0.507 e. The average Bonchev–Trinajstić information content (AvgIpc) is 1.63. The van der Waals surface area contributed by atoms with Gasteiger partial charge in [0.2, 0.25) is 5.91 Å². The molecule has 7 heterocycles. The third-order valence-electron chi connectivity index (χ3n) is 18.2. The quantitative estimate of drug-likeness (QED) is 0.0198. The topological polar surface area (TPSA) is 371 Å². The number of ether oxygens (including phenoxy) is 5. The normalized spacial score (nSPS) is 25.7. The molecule has 3 aromatic carbocycles. The van der Waals surface area contributed by atoms with Crippen LogP contribution in [-0.2, 0) is 41.4 Å². The predicted octanol–water partition coefficient (Wildman–Crippen LogP) is 7.38. The number of nitrogens with zero attached hydrogens (tertiary/aromatic N) is 9. The van der Waals surface area contributed by atoms with E-state index >= 15 is 0 Å². The highest BCUT2D eigenvalue weighted by molar-refractivity contribution is 6.24. The van der Waals surface area contributed by atoms with E-state index in [-0.39, 0.29) is 56.1 Å². The molecule has 2 aromatic heterocycles. The largest absolute Gasteiger partial charge is 0.507 e. The fourth-order valence-electron chi connectivity index (χ4n) is 12.4. The molecule has 0 unspecified atom stereocenters. The number of esters is 1. The van der Waals surface area contributed by atoms with E-state index in [9.17, 15) is 49.5 Å². The molecule has 27 heteroatoms. The molecule has 0 radical (unpaired) electrons. The van der Waals surface area contributed by atoms with Gasteiger partial charge >= 0.3 is 11.8 Å². The summed E-state index contributed by atoms with van der Waals surface area (Å²) < 4.78 is 31.5. The van der Waals surface area contributed by atoms with Gasteiger partial charge in [0.1, 0.15) is 34.8 Å². The van der Waals surface area contributed by atoms with Crippen LogP contribution in [0.2, 0.25) is 0 Å². The van der Waals surface area contributed by atoms with Crippen LogP contribution in [0.5, 0.6) is 28.7 Å². The average molecular weight is 1320 g/mol. The van der Waals surface area contributed by atoms with Gasteiger partial charge in [0.05, 0.1) is 71.8 Å². The van der Waals surface area contributed by atoms with Crippen molar-refractivity contribution in [2.45, 2.75) is 156 Å². The molecule has 5 aromatic rings. The fourth-order valence-corrected chi connectivity index (χ4v) is 12.4. The number of hydrogen-bond acceptors (Lipinski definition) is 23. The number of rotatable bonds is 12. The molecule has 6 aliphatic rings. The highest BCUT2D eigenvalue weighted by atomic mass is 16.7. The lowest BCUT2D eigenvalue weighted by Crippen LogP contribution is -2.46. The molecule has 3 amide bonds. The number of aromatic nitrogens is 6. The highest BCUT2D eigenvalue weighted by Crippen LogP contribution is 2.55. The number of nitrogens with two attached hydrogens (primary N) is 1. The number of hydrogen-bond donors (Lipinski definition) is 8. The summed E-state index contributed by atoms with van der Waals surface area (Å²) in [5.41, 5.74) is 6.78. The number of methoxy groups -OCH3 is 1. The van der Waals surface area contributed by atoms with E-state index < -0.39 is 94.7 Å². The van der Waals surface area contributed by atoms with Gasteiger partial charge in [-0.15, -0.1) is 5.10 Å². The standard InChI is InChI=1S/C43H58N4O12.C20H27N5O2.C5H5N3O/c1-21-12-11-13-22(2)42(55)45-33-28(20-44-47-17-15-46(9)16-18-47)37(52)30-31(38(33)53)36(51)26(6)40-32(30)41(54)43(8,59-40)57-19-14-29(56-10)23(3)39(58-27(7)48)25(5)35(50)24(4)34(21)49;26-20-12-9-15-14-17(10-11-18(15)21-20)27-13-5-4-8-19-22-23-24-25(19)16-6-2-1-3-7-16;6-5(9)4-3-7-1-2-8-4/h11-14,19-21,23-25,29,34-35,39,49-53H,15-18H2,1-10H3,(H,45,55);10-11,14,16H,1-9,12-13H2,(H,21,26);1-3H,(H2,6,9)/b12-11+,19-14+,22-13-,44-20+;;/t21-,23+,24+,25+,29-,34-,35+,39+,43-;;/m0../s1. The van der Waals surface area contributed by atoms with Crippen LogP contribution in [0.4, 0.5) is 11.4 Å². The summed E-state index contributed by atoms with van der Waals surface area (Å²) in [4.78, 5) is 71.7. The number of amides is 3. The number of fused-ring (bicyclic) bond motifs is 15. The maximum absolute atomic E-state index is 14.4. The first kappa shape index (κ1) is 71.8. The molecular formula is C68H90N12O15. The Morgan fingerprint density at radius 1 is 0.895 bits per heavy atom. The summed E-state index contributed by atoms with van der Waals surface area (Å²) in [7, 11) is 3.42. The van der Waals surface area contributed by atoms with Crippen LogP contribution in [-0.4, -0.2) is 178 Å². The van der Waals surface area contributed by atoms with Crippen molar-refractivity contribution in [2.24, 2.45) is 34.5 Å². The van der Waals surface area contributed by atoms with Crippen molar-refractivity contribution < 1.29 is 73.2 Å². The maximum atomic E-state index is 14.4. The Morgan fingerprint density at radius 2 is 1.63 bits per heavy atom. The molecule has 2 fully saturated rings. The third kappa shape index (κ3) is 17.3. The number of phenolic OH excluding ortho intramolecular Hbond substituents is 3. The predicted molar refractivity (Wildman–Crippen MR) is 353 cm³/mol. The van der Waals surface area contributed by atoms with Gasteiger partial charge in [-0.2, -0.15) is 5.10 Å². The van der Waals surface area contributed by atoms with Gasteiger partial charge in [0.15, 0.2) is 11.6 Å². The Hall–Kier alpha value is -9.05. The van der Waals surface area contributed by atoms with Crippen molar-refractivity contribution >= 4 is 57.8 Å². The van der Waals surface area contributed by atoms with Gasteiger partial charge in [-0.1, -0.05) is 65.2 Å². The Balaban J connectivity index is 0.000000260. The Bertz CT molecular complexity index is 3680. The molecule has 1 saturated heterocycles. The fraction of sp³-hybridized carbons (Fsp3) is 0.515. The second-order valence-corrected chi connectivity index (χ2v) is 25.1. The Morgan fingerprint density at radius 3 is 2.31 bits per heavy atom. The van der Waals surface area contributed by atoms with Crippen molar-refractivity contribution in [3.8, 4) is 28.7 Å². The zero-order valence-corrected chi connectivity index (χ0v) is 55.7. The number of aliphatic hydroxyl groups excluding tert-OH is 2. The monoisotopic (exact) mass is 1310 g/mol. The number of ketones is 1. The van der Waals surface area contributed by atoms with E-state index in [2.05, 4.69) is 50.8 Å². The van der Waals surface area contributed by atoms with Gasteiger partial charge < -0.3 is 70.5 Å². The number of piperazine rings is 1. The molecule has 95 heavy (non-hydrogen) atoms. The summed E-state index contributed by atoms with van der Waals surface area (Å²) in [5.74, 6) is -6.93. The lowest BCUT2D eigenvalue weighted by atomic mass is 9.78. The van der Waals surface area contributed by atoms with E-state index in [0.29, 0.717) is 32.2 Å². The molecule has 5 aliphatic heterocycles. The Labute approximate surface area is 552 Å². The number of carbonyl (C=O) groups is 5. The van der Waals surface area contributed by atoms with Gasteiger partial charge in [-0.05, 0) is 93.3 Å². The second kappa shape index (κ2) is 32.4. The number of tetrazole rings is 1. The smallest absolute Gasteiger partial charge is 0.312 e. The van der Waals surface area contributed by atoms with Gasteiger partial charge in [0.25, 0.3) is 17.6 Å². The van der Waals surface area contributed by atoms with Crippen LogP contribution >= 0.6 is 0 Å². The molecule has 512 valence electrons. The number of anilines is 2. The number of aryl methyl sites for hydroxylation is 2. The first-order valence-corrected chi connectivity index (χ1v) is 32.3. The van der Waals surface area contributed by atoms with Crippen molar-refractivity contribution in [3.05, 3.63) is 107 Å². The molecule has 0 spiro atoms. The number of allylic oxidation sites excluding steroid dienone is 2. The Kier molecular flexibility index (Phi) is 24.5. The van der Waals surface area contributed by atoms with Gasteiger partial charge in [-0.25, -0.2) is 9.67 Å². The number of nitrogens with one attached hydrogen (secondary N) is 2. The third-order valence-corrected chi connectivity index (χ3v) is 18.2. The zero-order valence-electron chi connectivity index (χ0n) is 55.7. The minimum atomic E-state index is -2.04. The van der Waals surface area contributed by atoms with Crippen LogP contribution in [0.1, 0.15) is 149 Å². The molecule has 1 saturated carbocycles. The van der Waals surface area contributed by atoms with Crippen LogP contribution in [0.3, 0.4) is 0 Å². The lowest BCUT2D eigenvalue weighted by Gasteiger charge is -2.38. The van der Waals surface area contributed by atoms with Crippen LogP contribution in [0, 0.1) is 30.6 Å². The highest BCUT2D eigenvalue weighted by Gasteiger charge is 2.50. The number of Topliss-reactive ketones (excluding diaryl/α,β-unsaturated/α-hetero) is 1. The van der Waals surface area contributed by atoms with E-state index in [1.165, 1.54) is 110 Å². The zero-order chi connectivity index (χ0) is 68.8. The van der Waals surface area contributed by atoms with Crippen molar-refractivity contribution in [1.82, 2.24) is 40.1 Å². The molecule has 9 N–H and O–H groups in total. The molecule has 11 rings (SSSR count). The summed E-state index contributed by atoms with van der Waals surface area (Å²) in [6.07, 6.45) is 19.6. The molecule has 9 atom stereocenters. The van der Waals surface area contributed by atoms with Crippen molar-refractivity contribution in [1.29, 1.82) is 0 Å². The molecular weight excluding hydrogens is 1220 g/mol. The SMILES string of the molecule is CO[C@H]1/C=C/O[C@@]2(C)Oc3c(C)c(O)c4c(O)c(c(/C=N/N5CCN(C)CC5)c(O)c4c3C2=O)NC(=O)/C(C)=C\C=C\[C@H](C)[C@H](O)[C@@H](C)[C@@H](O)[C@@H](C)[C@H](OC(C)=O)[C@@H]1C.NC(=O)c1cnccn1.O=C1CCc2cc(OCCCCc3nnnn3C3CCCCC3)ccc2N1. The van der Waals surface area contributed by atoms with Crippen molar-refractivity contribution in [3.63, 3.8) is 0 Å². The number of primary amides is 1. The summed E-state index contributed by atoms with van der Waals surface area (Å²) >= 11 is 0. The van der Waals surface area contributed by atoms with E-state index in [0.717, 1.165) is 61.6 Å². The van der Waals surface area contributed by atoms with E-state index in [1.807, 2.05) is 25.2 Å². The van der Waals surface area contributed by atoms with Crippen LogP contribution in [0.25, 0.3) is 10.8 Å². The van der Waals surface area contributed by atoms with E-state index in [4.69, 9.17) is 29.4 Å².